The monoisotopic (exact) mass is 547 g/mol. The molecule has 1 aromatic heterocycles. The van der Waals surface area contributed by atoms with Crippen LogP contribution in [-0.4, -0.2) is 40.8 Å². The molecule has 0 atom stereocenters. The van der Waals surface area contributed by atoms with Crippen LogP contribution in [0.1, 0.15) is 20.7 Å². The minimum atomic E-state index is -0.746. The molecule has 0 bridgehead atoms. The Labute approximate surface area is 232 Å². The molecule has 0 amide bonds. The first-order chi connectivity index (χ1) is 19.9. The Morgan fingerprint density at radius 3 is 1.88 bits per heavy atom. The van der Waals surface area contributed by atoms with Crippen LogP contribution < -0.4 is 14.2 Å². The summed E-state index contributed by atoms with van der Waals surface area (Å²) in [7, 11) is 3.08. The predicted octanol–water partition coefficient (Wildman–Crippen LogP) is 6.18. The van der Waals surface area contributed by atoms with E-state index in [2.05, 4.69) is 5.10 Å². The second-order valence-electron chi connectivity index (χ2n) is 9.09. The Morgan fingerprint density at radius 1 is 0.732 bits per heavy atom. The van der Waals surface area contributed by atoms with Crippen molar-refractivity contribution in [2.24, 2.45) is 0 Å². The lowest BCUT2D eigenvalue weighted by atomic mass is 10.0. The first-order valence-corrected chi connectivity index (χ1v) is 12.5. The minimum Gasteiger partial charge on any atom is -0.496 e. The standard InChI is InChI=1S/C31H21N3O7/c1-39-27-15-12-23(19-7-3-5-9-21(19)27)30(35)33-26-14-11-18(34(37)38)17-25(26)29(32-33)41-31(36)24-13-16-28(40-2)22-10-6-4-8-20(22)24/h3-17H,1-2H3. The molecule has 0 unspecified atom stereocenters. The smallest absolute Gasteiger partial charge is 0.345 e. The third kappa shape index (κ3) is 4.27. The average molecular weight is 548 g/mol. The molecule has 0 saturated carbocycles. The number of benzene rings is 5. The Bertz CT molecular complexity index is 2030. The second kappa shape index (κ2) is 10.1. The van der Waals surface area contributed by atoms with Gasteiger partial charge in [0.25, 0.3) is 17.5 Å². The van der Waals surface area contributed by atoms with Gasteiger partial charge in [0.05, 0.1) is 35.6 Å². The summed E-state index contributed by atoms with van der Waals surface area (Å²) < 4.78 is 17.7. The third-order valence-corrected chi connectivity index (χ3v) is 6.88. The van der Waals surface area contributed by atoms with Gasteiger partial charge in [-0.3, -0.25) is 14.9 Å². The van der Waals surface area contributed by atoms with E-state index in [9.17, 15) is 19.7 Å². The van der Waals surface area contributed by atoms with Crippen LogP contribution in [0.3, 0.4) is 0 Å². The predicted molar refractivity (Wildman–Crippen MR) is 152 cm³/mol. The summed E-state index contributed by atoms with van der Waals surface area (Å²) in [6.07, 6.45) is 0. The van der Waals surface area contributed by atoms with E-state index < -0.39 is 16.8 Å². The van der Waals surface area contributed by atoms with Gasteiger partial charge in [-0.15, -0.1) is 5.10 Å². The summed E-state index contributed by atoms with van der Waals surface area (Å²) in [6, 6.07) is 24.9. The van der Waals surface area contributed by atoms with Gasteiger partial charge in [0, 0.05) is 28.5 Å². The number of fused-ring (bicyclic) bond motifs is 3. The van der Waals surface area contributed by atoms with E-state index in [-0.39, 0.29) is 28.0 Å². The van der Waals surface area contributed by atoms with Gasteiger partial charge in [-0.05, 0) is 41.1 Å². The molecule has 1 heterocycles. The fourth-order valence-corrected chi connectivity index (χ4v) is 4.94. The normalized spacial score (nSPS) is 11.1. The van der Waals surface area contributed by atoms with Gasteiger partial charge >= 0.3 is 5.97 Å². The first kappa shape index (κ1) is 25.5. The first-order valence-electron chi connectivity index (χ1n) is 12.5. The van der Waals surface area contributed by atoms with E-state index in [0.29, 0.717) is 33.2 Å². The van der Waals surface area contributed by atoms with Crippen molar-refractivity contribution in [3.8, 4) is 17.4 Å². The summed E-state index contributed by atoms with van der Waals surface area (Å²) >= 11 is 0. The van der Waals surface area contributed by atoms with Crippen LogP contribution in [0, 0.1) is 10.1 Å². The van der Waals surface area contributed by atoms with Gasteiger partial charge in [-0.25, -0.2) is 4.79 Å². The van der Waals surface area contributed by atoms with Crippen molar-refractivity contribution in [1.82, 2.24) is 9.78 Å². The van der Waals surface area contributed by atoms with Crippen LogP contribution in [0.5, 0.6) is 17.4 Å². The summed E-state index contributed by atoms with van der Waals surface area (Å²) in [6.45, 7) is 0. The zero-order chi connectivity index (χ0) is 28.7. The lowest BCUT2D eigenvalue weighted by Crippen LogP contribution is -2.15. The van der Waals surface area contributed by atoms with Crippen LogP contribution >= 0.6 is 0 Å². The van der Waals surface area contributed by atoms with Gasteiger partial charge in [0.15, 0.2) is 0 Å². The highest BCUT2D eigenvalue weighted by molar-refractivity contribution is 6.12. The SMILES string of the molecule is COc1ccc(C(=O)Oc2nn(C(=O)c3ccc(OC)c4ccccc34)c3ccc([N+](=O)[O-])cc23)c2ccccc12. The van der Waals surface area contributed by atoms with Crippen molar-refractivity contribution in [3.63, 3.8) is 0 Å². The van der Waals surface area contributed by atoms with E-state index in [0.717, 1.165) is 10.1 Å². The molecule has 0 saturated heterocycles. The van der Waals surface area contributed by atoms with Crippen molar-refractivity contribution >= 4 is 50.0 Å². The molecule has 0 spiro atoms. The number of nitro groups is 1. The largest absolute Gasteiger partial charge is 0.496 e. The van der Waals surface area contributed by atoms with Crippen molar-refractivity contribution in [3.05, 3.63) is 112 Å². The second-order valence-corrected chi connectivity index (χ2v) is 9.09. The maximum absolute atomic E-state index is 13.9. The molecule has 10 nitrogen and oxygen atoms in total. The molecule has 41 heavy (non-hydrogen) atoms. The summed E-state index contributed by atoms with van der Waals surface area (Å²) in [5.74, 6) is -0.317. The molecule has 6 rings (SSSR count). The number of nitro benzene ring substituents is 1. The van der Waals surface area contributed by atoms with Crippen molar-refractivity contribution < 1.29 is 28.7 Å². The zero-order valence-corrected chi connectivity index (χ0v) is 21.9. The van der Waals surface area contributed by atoms with Gasteiger partial charge in [-0.2, -0.15) is 4.68 Å². The van der Waals surface area contributed by atoms with Crippen molar-refractivity contribution in [2.45, 2.75) is 0 Å². The number of hydrogen-bond donors (Lipinski definition) is 0. The maximum Gasteiger partial charge on any atom is 0.345 e. The fourth-order valence-electron chi connectivity index (χ4n) is 4.94. The molecule has 0 aliphatic rings. The topological polar surface area (TPSA) is 123 Å². The molecule has 5 aromatic carbocycles. The molecular weight excluding hydrogens is 526 g/mol. The Morgan fingerprint density at radius 2 is 1.29 bits per heavy atom. The third-order valence-electron chi connectivity index (χ3n) is 6.88. The van der Waals surface area contributed by atoms with Gasteiger partial charge in [-0.1, -0.05) is 48.5 Å². The molecule has 202 valence electrons. The molecule has 0 aliphatic carbocycles. The molecule has 0 aliphatic heterocycles. The van der Waals surface area contributed by atoms with Crippen LogP contribution in [0.25, 0.3) is 32.4 Å². The summed E-state index contributed by atoms with van der Waals surface area (Å²) in [5, 5.41) is 18.7. The number of carbonyl (C=O) groups is 2. The summed E-state index contributed by atoms with van der Waals surface area (Å²) in [4.78, 5) is 38.3. The van der Waals surface area contributed by atoms with Crippen LogP contribution in [-0.2, 0) is 0 Å². The molecule has 0 radical (unpaired) electrons. The number of rotatable bonds is 6. The maximum atomic E-state index is 13.9. The minimum absolute atomic E-state index is 0.136. The number of carbonyl (C=O) groups excluding carboxylic acids is 2. The molecule has 6 aromatic rings. The van der Waals surface area contributed by atoms with Crippen molar-refractivity contribution in [1.29, 1.82) is 0 Å². The number of nitrogens with zero attached hydrogens (tertiary/aromatic N) is 3. The number of non-ortho nitro benzene ring substituents is 1. The highest BCUT2D eigenvalue weighted by Gasteiger charge is 2.25. The quantitative estimate of drug-likeness (QED) is 0.138. The number of ether oxygens (including phenoxy) is 3. The number of aromatic nitrogens is 2. The van der Waals surface area contributed by atoms with Crippen LogP contribution in [0.4, 0.5) is 5.69 Å². The number of esters is 1. The van der Waals surface area contributed by atoms with E-state index in [1.807, 2.05) is 24.3 Å². The van der Waals surface area contributed by atoms with E-state index in [1.54, 1.807) is 55.6 Å². The molecule has 0 fully saturated rings. The Balaban J connectivity index is 1.48. The molecular formula is C31H21N3O7. The number of methoxy groups -OCH3 is 2. The van der Waals surface area contributed by atoms with Crippen LogP contribution in [0.2, 0.25) is 0 Å². The lowest BCUT2D eigenvalue weighted by molar-refractivity contribution is -0.384. The molecule has 0 N–H and O–H groups in total. The lowest BCUT2D eigenvalue weighted by Gasteiger charge is -2.10. The van der Waals surface area contributed by atoms with Gasteiger partial charge in [0.2, 0.25) is 0 Å². The fraction of sp³-hybridized carbons (Fsp3) is 0.0645. The van der Waals surface area contributed by atoms with Crippen LogP contribution in [0.15, 0.2) is 91.0 Å². The van der Waals surface area contributed by atoms with Crippen molar-refractivity contribution in [2.75, 3.05) is 14.2 Å². The van der Waals surface area contributed by atoms with E-state index >= 15 is 0 Å². The Hall–Kier alpha value is -5.77. The summed E-state index contributed by atoms with van der Waals surface area (Å²) in [5.41, 5.74) is 0.555. The number of hydrogen-bond acceptors (Lipinski definition) is 8. The molecule has 10 heteroatoms. The van der Waals surface area contributed by atoms with Gasteiger partial charge in [0.1, 0.15) is 11.5 Å². The Kier molecular flexibility index (Phi) is 6.27. The average Bonchev–Trinajstić information content (AvgIpc) is 3.36. The van der Waals surface area contributed by atoms with E-state index in [1.165, 1.54) is 25.3 Å². The highest BCUT2D eigenvalue weighted by atomic mass is 16.6. The van der Waals surface area contributed by atoms with E-state index in [4.69, 9.17) is 14.2 Å². The highest BCUT2D eigenvalue weighted by Crippen LogP contribution is 2.34. The van der Waals surface area contributed by atoms with Gasteiger partial charge < -0.3 is 14.2 Å². The zero-order valence-electron chi connectivity index (χ0n) is 21.9.